The predicted molar refractivity (Wildman–Crippen MR) is 215 cm³/mol. The van der Waals surface area contributed by atoms with Crippen molar-refractivity contribution in [3.8, 4) is 0 Å². The highest BCUT2D eigenvalue weighted by molar-refractivity contribution is 7.46. The number of aldehydes is 1. The lowest BCUT2D eigenvalue weighted by Crippen LogP contribution is -2.13. The van der Waals surface area contributed by atoms with Crippen molar-refractivity contribution < 1.29 is 13.8 Å². The summed E-state index contributed by atoms with van der Waals surface area (Å²) in [6.07, 6.45) is 27.1. The van der Waals surface area contributed by atoms with E-state index in [0.717, 1.165) is 73.8 Å². The van der Waals surface area contributed by atoms with Crippen molar-refractivity contribution in [3.63, 3.8) is 0 Å². The van der Waals surface area contributed by atoms with Gasteiger partial charge in [-0.3, -0.25) is 4.79 Å². The minimum absolute atomic E-state index is 0.301. The molecule has 3 unspecified atom stereocenters. The van der Waals surface area contributed by atoms with Crippen LogP contribution in [0.15, 0.2) is 77.1 Å². The molecule has 3 rings (SSSR count). The second-order valence-corrected chi connectivity index (χ2v) is 16.2. The molecule has 266 valence electrons. The molecule has 5 heteroatoms. The van der Waals surface area contributed by atoms with Gasteiger partial charge in [0.2, 0.25) is 8.38 Å². The summed E-state index contributed by atoms with van der Waals surface area (Å²) in [5.41, 5.74) is 7.12. The SMILES string of the molecule is C/C=C\c1ccccc1C=O.CCC.CCCC1=C(C2=C(OP(C)OC(CC)CC(C)C)C=CCC2)CCC=C1.CCCPC(C)C. The Bertz CT molecular complexity index is 1110. The molecular weight excluding hydrogens is 614 g/mol. The van der Waals surface area contributed by atoms with Gasteiger partial charge in [0, 0.05) is 12.2 Å². The molecule has 0 fully saturated rings. The van der Waals surface area contributed by atoms with E-state index in [1.54, 1.807) is 0 Å². The van der Waals surface area contributed by atoms with E-state index in [4.69, 9.17) is 9.05 Å². The highest BCUT2D eigenvalue weighted by Crippen LogP contribution is 2.44. The van der Waals surface area contributed by atoms with Crippen LogP contribution in [-0.2, 0) is 9.05 Å². The number of benzene rings is 1. The van der Waals surface area contributed by atoms with Crippen LogP contribution in [0.1, 0.15) is 149 Å². The van der Waals surface area contributed by atoms with E-state index in [-0.39, 0.29) is 0 Å². The normalized spacial score (nSPS) is 15.7. The first kappa shape index (κ1) is 45.2. The lowest BCUT2D eigenvalue weighted by Gasteiger charge is -2.27. The molecule has 0 amide bonds. The number of hydrogen-bond acceptors (Lipinski definition) is 3. The van der Waals surface area contributed by atoms with Crippen molar-refractivity contribution in [2.45, 2.75) is 145 Å². The van der Waals surface area contributed by atoms with Gasteiger partial charge in [0.1, 0.15) is 5.76 Å². The molecule has 3 nitrogen and oxygen atoms in total. The third-order valence-electron chi connectivity index (χ3n) is 7.26. The zero-order valence-corrected chi connectivity index (χ0v) is 33.9. The third-order valence-corrected chi connectivity index (χ3v) is 9.92. The Labute approximate surface area is 294 Å². The molecule has 1 aromatic carbocycles. The first-order valence-electron chi connectivity index (χ1n) is 18.4. The molecule has 0 aliphatic heterocycles. The fourth-order valence-electron chi connectivity index (χ4n) is 5.15. The average Bonchev–Trinajstić information content (AvgIpc) is 3.05. The molecular formula is C42H70O3P2. The van der Waals surface area contributed by atoms with Gasteiger partial charge in [-0.05, 0) is 98.0 Å². The maximum atomic E-state index is 10.5. The Morgan fingerprint density at radius 3 is 2.02 bits per heavy atom. The van der Waals surface area contributed by atoms with Crippen LogP contribution in [0, 0.1) is 5.92 Å². The lowest BCUT2D eigenvalue weighted by atomic mass is 9.85. The summed E-state index contributed by atoms with van der Waals surface area (Å²) in [6.45, 7) is 24.1. The van der Waals surface area contributed by atoms with E-state index in [2.05, 4.69) is 93.3 Å². The number of allylic oxidation sites excluding steroid dienone is 8. The third kappa shape index (κ3) is 21.0. The molecule has 0 N–H and O–H groups in total. The zero-order chi connectivity index (χ0) is 35.5. The molecule has 0 saturated heterocycles. The van der Waals surface area contributed by atoms with E-state index in [0.29, 0.717) is 12.0 Å². The average molecular weight is 685 g/mol. The Balaban J connectivity index is 0.000000822. The van der Waals surface area contributed by atoms with Crippen LogP contribution in [0.25, 0.3) is 6.08 Å². The minimum atomic E-state index is -0.899. The molecule has 0 spiro atoms. The van der Waals surface area contributed by atoms with E-state index in [1.165, 1.54) is 50.7 Å². The van der Waals surface area contributed by atoms with E-state index < -0.39 is 8.38 Å². The molecule has 2 aliphatic carbocycles. The van der Waals surface area contributed by atoms with Crippen LogP contribution >= 0.6 is 17.0 Å². The number of carbonyl (C=O) groups is 1. The topological polar surface area (TPSA) is 35.5 Å². The second-order valence-electron chi connectivity index (χ2n) is 12.8. The van der Waals surface area contributed by atoms with E-state index in [1.807, 2.05) is 43.3 Å². The molecule has 47 heavy (non-hydrogen) atoms. The predicted octanol–water partition coefficient (Wildman–Crippen LogP) is 14.3. The molecule has 2 aliphatic rings. The Hall–Kier alpha value is -1.79. The summed E-state index contributed by atoms with van der Waals surface area (Å²) < 4.78 is 12.6. The van der Waals surface area contributed by atoms with Gasteiger partial charge in [0.25, 0.3) is 0 Å². The fraction of sp³-hybridized carbons (Fsp3) is 0.595. The summed E-state index contributed by atoms with van der Waals surface area (Å²) in [5.74, 6) is 1.71. The Morgan fingerprint density at radius 1 is 0.894 bits per heavy atom. The molecule has 3 atom stereocenters. The summed E-state index contributed by atoms with van der Waals surface area (Å²) in [7, 11) is 0.290. The summed E-state index contributed by atoms with van der Waals surface area (Å²) in [4.78, 5) is 10.5. The largest absolute Gasteiger partial charge is 0.447 e. The summed E-state index contributed by atoms with van der Waals surface area (Å²) in [5, 5.41) is 0. The van der Waals surface area contributed by atoms with Crippen LogP contribution < -0.4 is 0 Å². The number of hydrogen-bond donors (Lipinski definition) is 0. The molecule has 0 aromatic heterocycles. The summed E-state index contributed by atoms with van der Waals surface area (Å²) in [6, 6.07) is 7.51. The standard InChI is InChI=1S/C23H37O2P.C10H10O.C6H15P.C3H8/c1-6-12-19-13-8-9-14-21(19)22-15-10-11-16-23(22)25-26(5)24-20(7-2)17-18(3)4;1-2-5-9-6-3-4-7-10(9)8-11;1-4-5-7-6(2)3;1-3-2/h8,11,13,16,18,20H,6-7,9-10,12,14-15,17H2,1-5H3;2-8H,1H3;6-7H,4-5H2,1-3H3;3H2,1-2H3/b;5-2-;;. The second kappa shape index (κ2) is 29.2. The molecule has 0 bridgehead atoms. The Kier molecular flexibility index (Phi) is 28.0. The van der Waals surface area contributed by atoms with Crippen molar-refractivity contribution in [2.75, 3.05) is 12.8 Å². The maximum absolute atomic E-state index is 10.5. The first-order chi connectivity index (χ1) is 22.6. The van der Waals surface area contributed by atoms with Gasteiger partial charge in [0.15, 0.2) is 6.29 Å². The molecule has 0 saturated carbocycles. The van der Waals surface area contributed by atoms with Crippen molar-refractivity contribution in [3.05, 3.63) is 88.3 Å². The first-order valence-corrected chi connectivity index (χ1v) is 21.3. The number of carbonyl (C=O) groups excluding carboxylic acids is 1. The van der Waals surface area contributed by atoms with E-state index in [9.17, 15) is 4.79 Å². The Morgan fingerprint density at radius 2 is 1.51 bits per heavy atom. The van der Waals surface area contributed by atoms with Gasteiger partial charge in [-0.25, -0.2) is 0 Å². The maximum Gasteiger partial charge on any atom is 0.227 e. The molecule has 0 heterocycles. The van der Waals surface area contributed by atoms with Crippen molar-refractivity contribution in [2.24, 2.45) is 5.92 Å². The fourth-order valence-corrected chi connectivity index (χ4v) is 7.16. The smallest absolute Gasteiger partial charge is 0.227 e. The van der Waals surface area contributed by atoms with Crippen LogP contribution in [0.4, 0.5) is 0 Å². The monoisotopic (exact) mass is 684 g/mol. The summed E-state index contributed by atoms with van der Waals surface area (Å²) >= 11 is 0. The quantitative estimate of drug-likeness (QED) is 0.136. The zero-order valence-electron chi connectivity index (χ0n) is 32.0. The highest BCUT2D eigenvalue weighted by atomic mass is 31.2. The number of rotatable bonds is 15. The van der Waals surface area contributed by atoms with Crippen molar-refractivity contribution >= 4 is 29.3 Å². The van der Waals surface area contributed by atoms with Gasteiger partial charge in [0.05, 0.1) is 6.10 Å². The molecule has 1 aromatic rings. The van der Waals surface area contributed by atoms with Gasteiger partial charge < -0.3 is 9.05 Å². The van der Waals surface area contributed by atoms with E-state index >= 15 is 0 Å². The lowest BCUT2D eigenvalue weighted by molar-refractivity contribution is 0.112. The van der Waals surface area contributed by atoms with Gasteiger partial charge >= 0.3 is 0 Å². The van der Waals surface area contributed by atoms with Gasteiger partial charge in [-0.1, -0.05) is 136 Å². The highest BCUT2D eigenvalue weighted by Gasteiger charge is 2.22. The van der Waals surface area contributed by atoms with Crippen molar-refractivity contribution in [1.29, 1.82) is 0 Å². The van der Waals surface area contributed by atoms with Crippen LogP contribution in [-0.4, -0.2) is 30.9 Å². The van der Waals surface area contributed by atoms with Crippen LogP contribution in [0.2, 0.25) is 0 Å². The van der Waals surface area contributed by atoms with Crippen LogP contribution in [0.3, 0.4) is 0 Å². The molecule has 0 radical (unpaired) electrons. The van der Waals surface area contributed by atoms with Crippen LogP contribution in [0.5, 0.6) is 0 Å². The minimum Gasteiger partial charge on any atom is -0.447 e. The van der Waals surface area contributed by atoms with Gasteiger partial charge in [-0.2, -0.15) is 0 Å². The van der Waals surface area contributed by atoms with Crippen molar-refractivity contribution in [1.82, 2.24) is 0 Å². The van der Waals surface area contributed by atoms with Gasteiger partial charge in [-0.15, -0.1) is 8.58 Å².